The lowest BCUT2D eigenvalue weighted by Crippen LogP contribution is -2.09. The van der Waals surface area contributed by atoms with Crippen LogP contribution in [-0.2, 0) is 0 Å². The topological polar surface area (TPSA) is 69.6 Å². The van der Waals surface area contributed by atoms with Gasteiger partial charge in [-0.05, 0) is 49.2 Å². The van der Waals surface area contributed by atoms with Crippen molar-refractivity contribution in [2.24, 2.45) is 0 Å². The summed E-state index contributed by atoms with van der Waals surface area (Å²) in [4.78, 5) is 11.1. The van der Waals surface area contributed by atoms with Gasteiger partial charge in [0.25, 0.3) is 0 Å². The summed E-state index contributed by atoms with van der Waals surface area (Å²) < 4.78 is 0. The fourth-order valence-corrected chi connectivity index (χ4v) is 2.13. The van der Waals surface area contributed by atoms with Crippen molar-refractivity contribution in [3.05, 3.63) is 59.2 Å². The third kappa shape index (κ3) is 2.91. The first-order valence-electron chi connectivity index (χ1n) is 6.37. The predicted octanol–water partition coefficient (Wildman–Crippen LogP) is 3.57. The number of carbonyl (C=O) groups is 1. The molecule has 1 atom stereocenters. The maximum Gasteiger partial charge on any atom is 0.336 e. The van der Waals surface area contributed by atoms with Crippen LogP contribution < -0.4 is 5.32 Å². The van der Waals surface area contributed by atoms with Gasteiger partial charge < -0.3 is 15.5 Å². The summed E-state index contributed by atoms with van der Waals surface area (Å²) in [6.45, 7) is 3.74. The summed E-state index contributed by atoms with van der Waals surface area (Å²) in [5, 5.41) is 21.9. The maximum atomic E-state index is 11.1. The zero-order valence-electron chi connectivity index (χ0n) is 11.4. The minimum atomic E-state index is -0.934. The fourth-order valence-electron chi connectivity index (χ4n) is 2.13. The number of benzene rings is 2. The van der Waals surface area contributed by atoms with Gasteiger partial charge in [-0.1, -0.05) is 18.2 Å². The number of aromatic carboxylic acids is 1. The Balaban J connectivity index is 2.26. The number of hydrogen-bond acceptors (Lipinski definition) is 3. The highest BCUT2D eigenvalue weighted by molar-refractivity contribution is 5.91. The van der Waals surface area contributed by atoms with E-state index in [1.807, 2.05) is 19.1 Å². The molecule has 2 rings (SSSR count). The van der Waals surface area contributed by atoms with Crippen molar-refractivity contribution in [3.8, 4) is 5.75 Å². The number of nitrogens with one attached hydrogen (secondary N) is 1. The number of anilines is 1. The van der Waals surface area contributed by atoms with E-state index in [0.29, 0.717) is 5.56 Å². The Kier molecular flexibility index (Phi) is 3.94. The Bertz CT molecular complexity index is 637. The molecule has 0 saturated heterocycles. The molecule has 4 heteroatoms. The van der Waals surface area contributed by atoms with E-state index < -0.39 is 5.97 Å². The van der Waals surface area contributed by atoms with Gasteiger partial charge in [0, 0.05) is 11.7 Å². The van der Waals surface area contributed by atoms with Crippen LogP contribution in [0.15, 0.2) is 42.5 Å². The average molecular weight is 271 g/mol. The summed E-state index contributed by atoms with van der Waals surface area (Å²) in [5.41, 5.74) is 2.70. The fraction of sp³-hybridized carbons (Fsp3) is 0.188. The summed E-state index contributed by atoms with van der Waals surface area (Å²) in [7, 11) is 0. The summed E-state index contributed by atoms with van der Waals surface area (Å²) in [6, 6.07) is 12.1. The highest BCUT2D eigenvalue weighted by Crippen LogP contribution is 2.25. The molecule has 0 aromatic heterocycles. The minimum Gasteiger partial charge on any atom is -0.508 e. The Morgan fingerprint density at radius 1 is 1.20 bits per heavy atom. The predicted molar refractivity (Wildman–Crippen MR) is 78.3 cm³/mol. The second-order valence-electron chi connectivity index (χ2n) is 4.74. The molecule has 0 amide bonds. The highest BCUT2D eigenvalue weighted by Gasteiger charge is 2.12. The molecule has 4 nitrogen and oxygen atoms in total. The number of carboxylic acid groups (broad SMARTS) is 1. The van der Waals surface area contributed by atoms with Gasteiger partial charge in [-0.3, -0.25) is 0 Å². The molecule has 0 aliphatic heterocycles. The van der Waals surface area contributed by atoms with Crippen LogP contribution in [0.2, 0.25) is 0 Å². The third-order valence-electron chi connectivity index (χ3n) is 3.31. The summed E-state index contributed by atoms with van der Waals surface area (Å²) in [6.07, 6.45) is 0. The van der Waals surface area contributed by atoms with Gasteiger partial charge in [0.1, 0.15) is 5.75 Å². The molecule has 0 aliphatic rings. The first kappa shape index (κ1) is 13.9. The van der Waals surface area contributed by atoms with Crippen molar-refractivity contribution >= 4 is 11.7 Å². The van der Waals surface area contributed by atoms with Gasteiger partial charge in [0.05, 0.1) is 5.56 Å². The lowest BCUT2D eigenvalue weighted by Gasteiger charge is -2.18. The van der Waals surface area contributed by atoms with Crippen molar-refractivity contribution in [1.82, 2.24) is 0 Å². The molecule has 0 bridgehead atoms. The molecule has 0 spiro atoms. The zero-order chi connectivity index (χ0) is 14.7. The van der Waals surface area contributed by atoms with Crippen molar-refractivity contribution in [1.29, 1.82) is 0 Å². The molecule has 3 N–H and O–H groups in total. The quantitative estimate of drug-likeness (QED) is 0.795. The molecule has 0 aliphatic carbocycles. The van der Waals surface area contributed by atoms with Crippen molar-refractivity contribution in [3.63, 3.8) is 0 Å². The Labute approximate surface area is 117 Å². The zero-order valence-corrected chi connectivity index (χ0v) is 11.4. The van der Waals surface area contributed by atoms with E-state index in [-0.39, 0.29) is 17.4 Å². The smallest absolute Gasteiger partial charge is 0.336 e. The van der Waals surface area contributed by atoms with Crippen molar-refractivity contribution < 1.29 is 15.0 Å². The number of carboxylic acids is 1. The van der Waals surface area contributed by atoms with E-state index in [0.717, 1.165) is 11.3 Å². The number of rotatable bonds is 4. The average Bonchev–Trinajstić information content (AvgIpc) is 2.40. The normalized spacial score (nSPS) is 11.9. The van der Waals surface area contributed by atoms with Crippen LogP contribution in [0.5, 0.6) is 5.75 Å². The van der Waals surface area contributed by atoms with Crippen molar-refractivity contribution in [2.45, 2.75) is 19.9 Å². The molecule has 20 heavy (non-hydrogen) atoms. The van der Waals surface area contributed by atoms with E-state index in [2.05, 4.69) is 5.32 Å². The van der Waals surface area contributed by atoms with E-state index >= 15 is 0 Å². The molecule has 104 valence electrons. The van der Waals surface area contributed by atoms with Crippen LogP contribution >= 0.6 is 0 Å². The number of phenols is 1. The van der Waals surface area contributed by atoms with Crippen LogP contribution in [0.25, 0.3) is 0 Å². The van der Waals surface area contributed by atoms with Crippen LogP contribution in [0.1, 0.15) is 34.5 Å². The summed E-state index contributed by atoms with van der Waals surface area (Å²) in [5.74, 6) is -0.719. The van der Waals surface area contributed by atoms with Crippen LogP contribution in [0, 0.1) is 6.92 Å². The van der Waals surface area contributed by atoms with Gasteiger partial charge in [-0.25, -0.2) is 4.79 Å². The first-order valence-corrected chi connectivity index (χ1v) is 6.37. The van der Waals surface area contributed by atoms with E-state index in [1.165, 1.54) is 0 Å². The van der Waals surface area contributed by atoms with Gasteiger partial charge in [-0.15, -0.1) is 0 Å². The number of hydrogen-bond donors (Lipinski definition) is 3. The molecule has 0 fully saturated rings. The molecule has 0 heterocycles. The van der Waals surface area contributed by atoms with E-state index in [4.69, 9.17) is 5.11 Å². The van der Waals surface area contributed by atoms with Gasteiger partial charge in [0.2, 0.25) is 0 Å². The van der Waals surface area contributed by atoms with Crippen LogP contribution in [0.4, 0.5) is 5.69 Å². The monoisotopic (exact) mass is 271 g/mol. The number of phenolic OH excluding ortho intramolecular Hbond substituents is 1. The number of aromatic hydroxyl groups is 1. The molecule has 0 radical (unpaired) electrons. The minimum absolute atomic E-state index is 0.0372. The Morgan fingerprint density at radius 2 is 1.90 bits per heavy atom. The lowest BCUT2D eigenvalue weighted by atomic mass is 10.0. The Hall–Kier alpha value is -2.49. The van der Waals surface area contributed by atoms with Gasteiger partial charge >= 0.3 is 5.97 Å². The largest absolute Gasteiger partial charge is 0.508 e. The lowest BCUT2D eigenvalue weighted by molar-refractivity contribution is 0.0696. The molecule has 1 unspecified atom stereocenters. The first-order chi connectivity index (χ1) is 9.49. The maximum absolute atomic E-state index is 11.1. The SMILES string of the molecule is Cc1c(NC(C)c2cccc(O)c2)cccc1C(=O)O. The van der Waals surface area contributed by atoms with E-state index in [1.54, 1.807) is 37.3 Å². The van der Waals surface area contributed by atoms with Crippen LogP contribution in [-0.4, -0.2) is 16.2 Å². The molecular formula is C16H17NO3. The molecule has 2 aromatic carbocycles. The molecule has 2 aromatic rings. The second kappa shape index (κ2) is 5.65. The van der Waals surface area contributed by atoms with Crippen molar-refractivity contribution in [2.75, 3.05) is 5.32 Å². The highest BCUT2D eigenvalue weighted by atomic mass is 16.4. The van der Waals surface area contributed by atoms with Gasteiger partial charge in [0.15, 0.2) is 0 Å². The third-order valence-corrected chi connectivity index (χ3v) is 3.31. The van der Waals surface area contributed by atoms with Gasteiger partial charge in [-0.2, -0.15) is 0 Å². The van der Waals surface area contributed by atoms with E-state index in [9.17, 15) is 9.90 Å². The standard InChI is InChI=1S/C16H17NO3/c1-10-14(16(19)20)7-4-8-15(10)17-11(2)12-5-3-6-13(18)9-12/h3-9,11,17-18H,1-2H3,(H,19,20). The molecular weight excluding hydrogens is 254 g/mol. The summed E-state index contributed by atoms with van der Waals surface area (Å²) >= 11 is 0. The second-order valence-corrected chi connectivity index (χ2v) is 4.74. The van der Waals surface area contributed by atoms with Crippen LogP contribution in [0.3, 0.4) is 0 Å². The Morgan fingerprint density at radius 3 is 2.55 bits per heavy atom. The molecule has 0 saturated carbocycles.